The van der Waals surface area contributed by atoms with E-state index in [0.29, 0.717) is 28.2 Å². The fraction of sp³-hybridized carbons (Fsp3) is 0.125. The molecule has 34 heavy (non-hydrogen) atoms. The minimum atomic E-state index is -3.77. The summed E-state index contributed by atoms with van der Waals surface area (Å²) in [6.07, 6.45) is 0. The highest BCUT2D eigenvalue weighted by atomic mass is 32.2. The summed E-state index contributed by atoms with van der Waals surface area (Å²) < 4.78 is 27.7. The first-order chi connectivity index (χ1) is 16.2. The molecule has 3 N–H and O–H groups in total. The Morgan fingerprint density at radius 1 is 0.971 bits per heavy atom. The van der Waals surface area contributed by atoms with Crippen LogP contribution >= 0.6 is 0 Å². The fourth-order valence-electron chi connectivity index (χ4n) is 3.52. The van der Waals surface area contributed by atoms with Crippen LogP contribution in [-0.2, 0) is 26.2 Å². The average molecular weight is 479 g/mol. The molecule has 0 saturated heterocycles. The highest BCUT2D eigenvalue weighted by molar-refractivity contribution is 7.89. The number of hydrogen-bond acceptors (Lipinski definition) is 5. The SMILES string of the molecule is CC(=O)Nc1ccc(S(=O)(=O)NCc2ccc(C(=O)N3CC(=O)Nc4ccccc43)cc2)cc1. The van der Waals surface area contributed by atoms with E-state index in [-0.39, 0.29) is 35.7 Å². The summed E-state index contributed by atoms with van der Waals surface area (Å²) in [4.78, 5) is 37.6. The van der Waals surface area contributed by atoms with Crippen molar-refractivity contribution in [3.05, 3.63) is 83.9 Å². The number of anilines is 3. The zero-order valence-electron chi connectivity index (χ0n) is 18.2. The van der Waals surface area contributed by atoms with Gasteiger partial charge in [0.05, 0.1) is 16.3 Å². The zero-order valence-corrected chi connectivity index (χ0v) is 19.1. The Bertz CT molecular complexity index is 1350. The summed E-state index contributed by atoms with van der Waals surface area (Å²) in [5.41, 5.74) is 2.73. The van der Waals surface area contributed by atoms with Crippen LogP contribution in [0, 0.1) is 0 Å². The van der Waals surface area contributed by atoms with Gasteiger partial charge in [0, 0.05) is 24.7 Å². The maximum atomic E-state index is 13.0. The first kappa shape index (κ1) is 23.1. The summed E-state index contributed by atoms with van der Waals surface area (Å²) in [7, 11) is -3.77. The van der Waals surface area contributed by atoms with Crippen LogP contribution in [0.15, 0.2) is 77.7 Å². The lowest BCUT2D eigenvalue weighted by Crippen LogP contribution is -2.42. The van der Waals surface area contributed by atoms with E-state index >= 15 is 0 Å². The molecule has 0 aliphatic carbocycles. The molecule has 0 aromatic heterocycles. The second-order valence-electron chi connectivity index (χ2n) is 7.68. The number of carbonyl (C=O) groups excluding carboxylic acids is 3. The molecule has 0 fully saturated rings. The van der Waals surface area contributed by atoms with Crippen molar-refractivity contribution < 1.29 is 22.8 Å². The molecule has 1 heterocycles. The molecule has 3 aromatic carbocycles. The van der Waals surface area contributed by atoms with Crippen molar-refractivity contribution in [3.8, 4) is 0 Å². The van der Waals surface area contributed by atoms with Crippen molar-refractivity contribution in [2.75, 3.05) is 22.1 Å². The van der Waals surface area contributed by atoms with Gasteiger partial charge in [-0.15, -0.1) is 0 Å². The van der Waals surface area contributed by atoms with E-state index in [2.05, 4.69) is 15.4 Å². The van der Waals surface area contributed by atoms with E-state index < -0.39 is 10.0 Å². The summed E-state index contributed by atoms with van der Waals surface area (Å²) in [6.45, 7) is 1.31. The highest BCUT2D eigenvalue weighted by Gasteiger charge is 2.27. The normalized spacial score (nSPS) is 13.1. The monoisotopic (exact) mass is 478 g/mol. The number of benzene rings is 3. The van der Waals surface area contributed by atoms with Gasteiger partial charge in [0.2, 0.25) is 21.8 Å². The lowest BCUT2D eigenvalue weighted by molar-refractivity contribution is -0.115. The van der Waals surface area contributed by atoms with Crippen LogP contribution in [0.2, 0.25) is 0 Å². The molecule has 0 saturated carbocycles. The molecule has 10 heteroatoms. The van der Waals surface area contributed by atoms with Crippen molar-refractivity contribution in [2.24, 2.45) is 0 Å². The maximum absolute atomic E-state index is 13.0. The van der Waals surface area contributed by atoms with E-state index in [1.807, 2.05) is 0 Å². The van der Waals surface area contributed by atoms with Crippen molar-refractivity contribution in [2.45, 2.75) is 18.4 Å². The van der Waals surface area contributed by atoms with E-state index in [0.717, 1.165) is 0 Å². The summed E-state index contributed by atoms with van der Waals surface area (Å²) >= 11 is 0. The molecule has 9 nitrogen and oxygen atoms in total. The average Bonchev–Trinajstić information content (AvgIpc) is 2.82. The fourth-order valence-corrected chi connectivity index (χ4v) is 4.54. The predicted molar refractivity (Wildman–Crippen MR) is 128 cm³/mol. The number of nitrogens with zero attached hydrogens (tertiary/aromatic N) is 1. The Balaban J connectivity index is 1.43. The topological polar surface area (TPSA) is 125 Å². The molecule has 1 aliphatic heterocycles. The molecule has 0 radical (unpaired) electrons. The standard InChI is InChI=1S/C24H22N4O5S/c1-16(29)26-19-10-12-20(13-11-19)34(32,33)25-14-17-6-8-18(9-7-17)24(31)28-15-23(30)27-21-4-2-3-5-22(21)28/h2-13,25H,14-15H2,1H3,(H,26,29)(H,27,30). The molecule has 0 atom stereocenters. The molecule has 0 unspecified atom stereocenters. The summed E-state index contributed by atoms with van der Waals surface area (Å²) in [6, 6.07) is 19.4. The smallest absolute Gasteiger partial charge is 0.258 e. The first-order valence-electron chi connectivity index (χ1n) is 10.4. The molecule has 3 aromatic rings. The van der Waals surface area contributed by atoms with Crippen LogP contribution in [0.5, 0.6) is 0 Å². The lowest BCUT2D eigenvalue weighted by Gasteiger charge is -2.29. The van der Waals surface area contributed by atoms with Crippen LogP contribution in [0.1, 0.15) is 22.8 Å². The van der Waals surface area contributed by atoms with Crippen LogP contribution in [0.3, 0.4) is 0 Å². The van der Waals surface area contributed by atoms with Gasteiger partial charge < -0.3 is 10.6 Å². The van der Waals surface area contributed by atoms with Crippen molar-refractivity contribution in [3.63, 3.8) is 0 Å². The van der Waals surface area contributed by atoms with Gasteiger partial charge in [-0.2, -0.15) is 0 Å². The molecular formula is C24H22N4O5S. The quantitative estimate of drug-likeness (QED) is 0.503. The number of nitrogens with one attached hydrogen (secondary N) is 3. The minimum absolute atomic E-state index is 0.0270. The van der Waals surface area contributed by atoms with Crippen LogP contribution in [0.25, 0.3) is 0 Å². The van der Waals surface area contributed by atoms with Gasteiger partial charge in [-0.1, -0.05) is 24.3 Å². The molecule has 3 amide bonds. The number of amides is 3. The van der Waals surface area contributed by atoms with Crippen LogP contribution < -0.4 is 20.3 Å². The molecule has 4 rings (SSSR count). The van der Waals surface area contributed by atoms with E-state index in [1.165, 1.54) is 36.1 Å². The lowest BCUT2D eigenvalue weighted by atomic mass is 10.1. The van der Waals surface area contributed by atoms with Gasteiger partial charge in [0.25, 0.3) is 5.91 Å². The minimum Gasteiger partial charge on any atom is -0.326 e. The Morgan fingerprint density at radius 3 is 2.32 bits per heavy atom. The van der Waals surface area contributed by atoms with Crippen molar-refractivity contribution >= 4 is 44.8 Å². The Hall–Kier alpha value is -4.02. The summed E-state index contributed by atoms with van der Waals surface area (Å²) in [5, 5.41) is 5.32. The number of para-hydroxylation sites is 2. The molecule has 174 valence electrons. The highest BCUT2D eigenvalue weighted by Crippen LogP contribution is 2.30. The number of carbonyl (C=O) groups is 3. The van der Waals surface area contributed by atoms with Crippen LogP contribution in [-0.4, -0.2) is 32.7 Å². The molecule has 0 bridgehead atoms. The molecular weight excluding hydrogens is 456 g/mol. The van der Waals surface area contributed by atoms with E-state index in [9.17, 15) is 22.8 Å². The molecule has 1 aliphatic rings. The number of sulfonamides is 1. The van der Waals surface area contributed by atoms with Gasteiger partial charge in [-0.25, -0.2) is 13.1 Å². The van der Waals surface area contributed by atoms with Gasteiger partial charge in [0.1, 0.15) is 6.54 Å². The third-order valence-electron chi connectivity index (χ3n) is 5.17. The summed E-state index contributed by atoms with van der Waals surface area (Å²) in [5.74, 6) is -0.847. The van der Waals surface area contributed by atoms with Crippen LogP contribution in [0.4, 0.5) is 17.1 Å². The second-order valence-corrected chi connectivity index (χ2v) is 9.45. The predicted octanol–water partition coefficient (Wildman–Crippen LogP) is 2.72. The van der Waals surface area contributed by atoms with Gasteiger partial charge in [-0.3, -0.25) is 19.3 Å². The second kappa shape index (κ2) is 9.46. The van der Waals surface area contributed by atoms with Gasteiger partial charge >= 0.3 is 0 Å². The zero-order chi connectivity index (χ0) is 24.3. The largest absolute Gasteiger partial charge is 0.326 e. The number of rotatable bonds is 6. The van der Waals surface area contributed by atoms with E-state index in [1.54, 1.807) is 48.5 Å². The van der Waals surface area contributed by atoms with Crippen molar-refractivity contribution in [1.29, 1.82) is 0 Å². The van der Waals surface area contributed by atoms with Crippen molar-refractivity contribution in [1.82, 2.24) is 4.72 Å². The third-order valence-corrected chi connectivity index (χ3v) is 6.59. The van der Waals surface area contributed by atoms with Gasteiger partial charge in [-0.05, 0) is 54.1 Å². The Kier molecular flexibility index (Phi) is 6.44. The Morgan fingerprint density at radius 2 is 1.65 bits per heavy atom. The van der Waals surface area contributed by atoms with E-state index in [4.69, 9.17) is 0 Å². The number of hydrogen-bond donors (Lipinski definition) is 3. The van der Waals surface area contributed by atoms with Gasteiger partial charge in [0.15, 0.2) is 0 Å². The first-order valence-corrected chi connectivity index (χ1v) is 11.9. The third kappa shape index (κ3) is 5.13. The maximum Gasteiger partial charge on any atom is 0.258 e. The Labute approximate surface area is 196 Å². The molecule has 0 spiro atoms. The number of fused-ring (bicyclic) bond motifs is 1.